The monoisotopic (exact) mass is 257 g/mol. The van der Waals surface area contributed by atoms with Crippen molar-refractivity contribution in [3.63, 3.8) is 0 Å². The zero-order valence-electron chi connectivity index (χ0n) is 11.7. The highest BCUT2D eigenvalue weighted by atomic mass is 16.1. The number of rotatable bonds is 4. The molecule has 0 heterocycles. The normalized spacial score (nSPS) is 28.6. The summed E-state index contributed by atoms with van der Waals surface area (Å²) in [6.45, 7) is 2.15. The number of aryl methyl sites for hydroxylation is 1. The zero-order chi connectivity index (χ0) is 13.2. The first-order valence-corrected chi connectivity index (χ1v) is 7.61. The average Bonchev–Trinajstić information content (AvgIpc) is 3.02. The molecule has 3 rings (SSSR count). The molecule has 0 saturated heterocycles. The number of benzene rings is 1. The van der Waals surface area contributed by atoms with Crippen molar-refractivity contribution >= 4 is 5.91 Å². The van der Waals surface area contributed by atoms with Crippen LogP contribution in [0.25, 0.3) is 0 Å². The maximum absolute atomic E-state index is 12.1. The molecule has 2 nitrogen and oxygen atoms in total. The van der Waals surface area contributed by atoms with Crippen molar-refractivity contribution < 1.29 is 4.79 Å². The Labute approximate surface area is 115 Å². The lowest BCUT2D eigenvalue weighted by Gasteiger charge is -2.22. The summed E-state index contributed by atoms with van der Waals surface area (Å²) in [7, 11) is 0. The molecule has 0 unspecified atom stereocenters. The summed E-state index contributed by atoms with van der Waals surface area (Å²) < 4.78 is 0. The van der Waals surface area contributed by atoms with Crippen molar-refractivity contribution in [2.24, 2.45) is 11.8 Å². The van der Waals surface area contributed by atoms with Crippen LogP contribution in [0.2, 0.25) is 0 Å². The summed E-state index contributed by atoms with van der Waals surface area (Å²) in [5.41, 5.74) is 2.45. The predicted molar refractivity (Wildman–Crippen MR) is 76.9 cm³/mol. The van der Waals surface area contributed by atoms with Gasteiger partial charge in [-0.15, -0.1) is 0 Å². The van der Waals surface area contributed by atoms with E-state index in [4.69, 9.17) is 0 Å². The highest BCUT2D eigenvalue weighted by molar-refractivity contribution is 5.79. The summed E-state index contributed by atoms with van der Waals surface area (Å²) in [6, 6.07) is 8.87. The summed E-state index contributed by atoms with van der Waals surface area (Å²) >= 11 is 0. The molecule has 1 aromatic rings. The van der Waals surface area contributed by atoms with E-state index in [-0.39, 0.29) is 5.91 Å². The fraction of sp³-hybridized carbons (Fsp3) is 0.588. The van der Waals surface area contributed by atoms with E-state index >= 15 is 0 Å². The van der Waals surface area contributed by atoms with E-state index < -0.39 is 0 Å². The standard InChI is InChI=1S/C17H23NO/c1-2-12-3-5-13(6-4-12)11-17(19)18-16-10-14-7-8-15(16)9-14/h3-6,14-16H,2,7-11H2,1H3,(H,18,19)/t14-,15-,16+/m0/s1. The largest absolute Gasteiger partial charge is 0.353 e. The summed E-state index contributed by atoms with van der Waals surface area (Å²) in [5.74, 6) is 1.84. The Kier molecular flexibility index (Phi) is 3.58. The van der Waals surface area contributed by atoms with Crippen molar-refractivity contribution in [2.45, 2.75) is 51.5 Å². The van der Waals surface area contributed by atoms with Gasteiger partial charge in [0.2, 0.25) is 5.91 Å². The number of hydrogen-bond donors (Lipinski definition) is 1. The highest BCUT2D eigenvalue weighted by Gasteiger charge is 2.39. The van der Waals surface area contributed by atoms with Crippen molar-refractivity contribution in [3.8, 4) is 0 Å². The highest BCUT2D eigenvalue weighted by Crippen LogP contribution is 2.44. The number of hydrogen-bond acceptors (Lipinski definition) is 1. The van der Waals surface area contributed by atoms with E-state index in [2.05, 4.69) is 36.5 Å². The fourth-order valence-electron chi connectivity index (χ4n) is 3.76. The first kappa shape index (κ1) is 12.7. The van der Waals surface area contributed by atoms with E-state index in [0.717, 1.165) is 23.8 Å². The molecule has 19 heavy (non-hydrogen) atoms. The summed E-state index contributed by atoms with van der Waals surface area (Å²) in [5, 5.41) is 3.25. The van der Waals surface area contributed by atoms with Crippen LogP contribution >= 0.6 is 0 Å². The molecular formula is C17H23NO. The van der Waals surface area contributed by atoms with Gasteiger partial charge in [0.1, 0.15) is 0 Å². The first-order valence-electron chi connectivity index (χ1n) is 7.61. The number of carbonyl (C=O) groups excluding carboxylic acids is 1. The van der Waals surface area contributed by atoms with E-state index in [1.807, 2.05) is 0 Å². The summed E-state index contributed by atoms with van der Waals surface area (Å²) in [6.07, 6.45) is 6.84. The van der Waals surface area contributed by atoms with Crippen LogP contribution in [0.15, 0.2) is 24.3 Å². The van der Waals surface area contributed by atoms with Crippen LogP contribution in [0, 0.1) is 11.8 Å². The van der Waals surface area contributed by atoms with Gasteiger partial charge in [0.25, 0.3) is 0 Å². The lowest BCUT2D eigenvalue weighted by atomic mass is 9.95. The van der Waals surface area contributed by atoms with E-state index in [1.54, 1.807) is 0 Å². The molecule has 2 bridgehead atoms. The molecule has 2 heteroatoms. The van der Waals surface area contributed by atoms with Gasteiger partial charge >= 0.3 is 0 Å². The Morgan fingerprint density at radius 2 is 1.89 bits per heavy atom. The minimum atomic E-state index is 0.196. The van der Waals surface area contributed by atoms with Gasteiger partial charge in [-0.3, -0.25) is 4.79 Å². The molecule has 2 aliphatic rings. The first-order chi connectivity index (χ1) is 9.24. The molecule has 102 valence electrons. The smallest absolute Gasteiger partial charge is 0.224 e. The van der Waals surface area contributed by atoms with E-state index in [0.29, 0.717) is 12.5 Å². The number of fused-ring (bicyclic) bond motifs is 2. The molecule has 2 aliphatic carbocycles. The van der Waals surface area contributed by atoms with Crippen LogP contribution in [0.1, 0.15) is 43.7 Å². The second-order valence-corrected chi connectivity index (χ2v) is 6.20. The van der Waals surface area contributed by atoms with Crippen LogP contribution in [0.3, 0.4) is 0 Å². The molecule has 2 saturated carbocycles. The number of amides is 1. The van der Waals surface area contributed by atoms with Crippen molar-refractivity contribution in [2.75, 3.05) is 0 Å². The zero-order valence-corrected chi connectivity index (χ0v) is 11.7. The lowest BCUT2D eigenvalue weighted by molar-refractivity contribution is -0.121. The second-order valence-electron chi connectivity index (χ2n) is 6.20. The minimum Gasteiger partial charge on any atom is -0.353 e. The molecular weight excluding hydrogens is 234 g/mol. The number of carbonyl (C=O) groups is 1. The van der Waals surface area contributed by atoms with Crippen LogP contribution in [-0.2, 0) is 17.6 Å². The van der Waals surface area contributed by atoms with Gasteiger partial charge in [0, 0.05) is 6.04 Å². The van der Waals surface area contributed by atoms with Crippen LogP contribution in [-0.4, -0.2) is 11.9 Å². The molecule has 0 radical (unpaired) electrons. The van der Waals surface area contributed by atoms with Gasteiger partial charge in [0.05, 0.1) is 6.42 Å². The Balaban J connectivity index is 1.53. The molecule has 1 N–H and O–H groups in total. The van der Waals surface area contributed by atoms with Crippen LogP contribution in [0.4, 0.5) is 0 Å². The Hall–Kier alpha value is -1.31. The van der Waals surface area contributed by atoms with E-state index in [9.17, 15) is 4.79 Å². The third kappa shape index (κ3) is 2.83. The minimum absolute atomic E-state index is 0.196. The van der Waals surface area contributed by atoms with Crippen LogP contribution < -0.4 is 5.32 Å². The van der Waals surface area contributed by atoms with Gasteiger partial charge in [-0.25, -0.2) is 0 Å². The quantitative estimate of drug-likeness (QED) is 0.882. The van der Waals surface area contributed by atoms with Crippen molar-refractivity contribution in [1.29, 1.82) is 0 Å². The second kappa shape index (κ2) is 5.36. The summed E-state index contributed by atoms with van der Waals surface area (Å²) in [4.78, 5) is 12.1. The van der Waals surface area contributed by atoms with Gasteiger partial charge in [-0.2, -0.15) is 0 Å². The fourth-order valence-corrected chi connectivity index (χ4v) is 3.76. The third-order valence-electron chi connectivity index (χ3n) is 4.88. The van der Waals surface area contributed by atoms with E-state index in [1.165, 1.54) is 31.2 Å². The predicted octanol–water partition coefficient (Wildman–Crippen LogP) is 3.10. The van der Waals surface area contributed by atoms with Crippen molar-refractivity contribution in [3.05, 3.63) is 35.4 Å². The SMILES string of the molecule is CCc1ccc(CC(=O)N[C@@H]2C[C@H]3CC[C@H]2C3)cc1. The third-order valence-corrected chi connectivity index (χ3v) is 4.88. The number of nitrogens with one attached hydrogen (secondary N) is 1. The maximum Gasteiger partial charge on any atom is 0.224 e. The van der Waals surface area contributed by atoms with Gasteiger partial charge in [-0.05, 0) is 48.6 Å². The molecule has 0 aromatic heterocycles. The maximum atomic E-state index is 12.1. The molecule has 3 atom stereocenters. The molecule has 2 fully saturated rings. The average molecular weight is 257 g/mol. The Morgan fingerprint density at radius 1 is 1.16 bits per heavy atom. The Morgan fingerprint density at radius 3 is 2.47 bits per heavy atom. The van der Waals surface area contributed by atoms with Gasteiger partial charge in [0.15, 0.2) is 0 Å². The molecule has 1 aromatic carbocycles. The van der Waals surface area contributed by atoms with Gasteiger partial charge in [-0.1, -0.05) is 37.6 Å². The van der Waals surface area contributed by atoms with Crippen molar-refractivity contribution in [1.82, 2.24) is 5.32 Å². The molecule has 1 amide bonds. The van der Waals surface area contributed by atoms with Gasteiger partial charge < -0.3 is 5.32 Å². The Bertz CT molecular complexity index is 451. The molecule has 0 aliphatic heterocycles. The topological polar surface area (TPSA) is 29.1 Å². The lowest BCUT2D eigenvalue weighted by Crippen LogP contribution is -2.39. The van der Waals surface area contributed by atoms with Crippen LogP contribution in [0.5, 0.6) is 0 Å². The molecule has 0 spiro atoms.